The molecule has 0 radical (unpaired) electrons. The molecule has 2 N–H and O–H groups in total. The highest BCUT2D eigenvalue weighted by Crippen LogP contribution is 2.40. The van der Waals surface area contributed by atoms with Crippen LogP contribution in [0, 0.1) is 17.8 Å². The van der Waals surface area contributed by atoms with Crippen LogP contribution in [0.1, 0.15) is 56.8 Å². The average Bonchev–Trinajstić information content (AvgIpc) is 3.32. The summed E-state index contributed by atoms with van der Waals surface area (Å²) in [4.78, 5) is 27.3. The number of aromatic nitrogens is 2. The third-order valence-corrected chi connectivity index (χ3v) is 4.07. The number of nitrogens with one attached hydrogen (secondary N) is 1. The topological polar surface area (TPSA) is 105 Å². The van der Waals surface area contributed by atoms with Crippen molar-refractivity contribution < 1.29 is 19.2 Å². The van der Waals surface area contributed by atoms with E-state index in [0.717, 1.165) is 12.8 Å². The van der Waals surface area contributed by atoms with Crippen LogP contribution in [0.2, 0.25) is 0 Å². The third-order valence-electron chi connectivity index (χ3n) is 4.07. The number of nitrogens with zero attached hydrogens (tertiary/aromatic N) is 2. The van der Waals surface area contributed by atoms with Crippen molar-refractivity contribution >= 4 is 11.9 Å². The Bertz CT molecular complexity index is 564. The third kappa shape index (κ3) is 2.91. The van der Waals surface area contributed by atoms with Gasteiger partial charge < -0.3 is 14.9 Å². The molecule has 114 valence electrons. The van der Waals surface area contributed by atoms with Crippen LogP contribution in [0.4, 0.5) is 0 Å². The number of hydrogen-bond acceptors (Lipinski definition) is 5. The largest absolute Gasteiger partial charge is 0.481 e. The lowest BCUT2D eigenvalue weighted by Gasteiger charge is -2.18. The van der Waals surface area contributed by atoms with Gasteiger partial charge in [-0.1, -0.05) is 19.0 Å². The fraction of sp³-hybridized carbons (Fsp3) is 0.714. The van der Waals surface area contributed by atoms with Gasteiger partial charge >= 0.3 is 5.97 Å². The second kappa shape index (κ2) is 5.13. The maximum atomic E-state index is 12.1. The molecule has 0 spiro atoms. The fourth-order valence-corrected chi connectivity index (χ4v) is 2.41. The molecule has 0 aromatic carbocycles. The van der Waals surface area contributed by atoms with E-state index in [2.05, 4.69) is 15.5 Å². The summed E-state index contributed by atoms with van der Waals surface area (Å²) in [5, 5.41) is 15.7. The van der Waals surface area contributed by atoms with Gasteiger partial charge in [-0.15, -0.1) is 0 Å². The molecule has 0 unspecified atom stereocenters. The minimum absolute atomic E-state index is 0.0866. The summed E-state index contributed by atoms with van der Waals surface area (Å²) >= 11 is 0. The molecule has 0 bridgehead atoms. The maximum absolute atomic E-state index is 12.1. The molecular formula is C14H19N3O4. The Morgan fingerprint density at radius 2 is 2.05 bits per heavy atom. The van der Waals surface area contributed by atoms with Crippen LogP contribution in [0.5, 0.6) is 0 Å². The summed E-state index contributed by atoms with van der Waals surface area (Å²) in [5.41, 5.74) is 0. The van der Waals surface area contributed by atoms with Gasteiger partial charge in [0.1, 0.15) is 6.04 Å². The standard InChI is InChI=1S/C14H19N3O4/c1-6(2)10(13-16-11(17-21-13)7-3-4-7)15-12(18)8-5-9(8)14(19)20/h6-10H,3-5H2,1-2H3,(H,15,18)(H,19,20)/t8-,9-,10+/m1/s1. The van der Waals surface area contributed by atoms with Crippen LogP contribution in [0.15, 0.2) is 4.52 Å². The van der Waals surface area contributed by atoms with Crippen molar-refractivity contribution in [3.05, 3.63) is 11.7 Å². The number of aliphatic carboxylic acids is 1. The van der Waals surface area contributed by atoms with Gasteiger partial charge in [0.25, 0.3) is 0 Å². The first-order chi connectivity index (χ1) is 9.97. The van der Waals surface area contributed by atoms with Crippen molar-refractivity contribution in [1.29, 1.82) is 0 Å². The van der Waals surface area contributed by atoms with E-state index in [1.54, 1.807) is 0 Å². The molecule has 0 aliphatic heterocycles. The number of carbonyl (C=O) groups is 2. The second-order valence-corrected chi connectivity index (χ2v) is 6.28. The molecule has 2 aliphatic rings. The molecule has 1 aromatic rings. The zero-order chi connectivity index (χ0) is 15.1. The summed E-state index contributed by atoms with van der Waals surface area (Å²) in [6.07, 6.45) is 2.57. The van der Waals surface area contributed by atoms with Gasteiger partial charge in [0.05, 0.1) is 11.8 Å². The van der Waals surface area contributed by atoms with E-state index >= 15 is 0 Å². The molecular weight excluding hydrogens is 274 g/mol. The molecule has 2 saturated carbocycles. The van der Waals surface area contributed by atoms with Gasteiger partial charge in [-0.3, -0.25) is 9.59 Å². The minimum atomic E-state index is -0.912. The van der Waals surface area contributed by atoms with Crippen LogP contribution < -0.4 is 5.32 Å². The van der Waals surface area contributed by atoms with Crippen LogP contribution in [-0.4, -0.2) is 27.1 Å². The molecule has 21 heavy (non-hydrogen) atoms. The van der Waals surface area contributed by atoms with E-state index in [1.165, 1.54) is 0 Å². The highest BCUT2D eigenvalue weighted by Gasteiger charge is 2.49. The molecule has 2 fully saturated rings. The van der Waals surface area contributed by atoms with E-state index in [4.69, 9.17) is 9.63 Å². The number of carboxylic acids is 1. The van der Waals surface area contributed by atoms with Gasteiger partial charge in [0.15, 0.2) is 5.82 Å². The zero-order valence-electron chi connectivity index (χ0n) is 12.1. The smallest absolute Gasteiger partial charge is 0.307 e. The van der Waals surface area contributed by atoms with Gasteiger partial charge in [0, 0.05) is 5.92 Å². The molecule has 3 rings (SSSR count). The molecule has 2 aliphatic carbocycles. The predicted molar refractivity (Wildman–Crippen MR) is 71.2 cm³/mol. The predicted octanol–water partition coefficient (Wildman–Crippen LogP) is 1.48. The molecule has 1 amide bonds. The molecule has 1 heterocycles. The first-order valence-electron chi connectivity index (χ1n) is 7.34. The Morgan fingerprint density at radius 1 is 1.33 bits per heavy atom. The average molecular weight is 293 g/mol. The van der Waals surface area contributed by atoms with E-state index in [0.29, 0.717) is 24.1 Å². The monoisotopic (exact) mass is 293 g/mol. The Balaban J connectivity index is 1.66. The highest BCUT2D eigenvalue weighted by molar-refractivity contribution is 5.89. The maximum Gasteiger partial charge on any atom is 0.307 e. The van der Waals surface area contributed by atoms with Crippen LogP contribution in [0.3, 0.4) is 0 Å². The first-order valence-corrected chi connectivity index (χ1v) is 7.34. The number of hydrogen-bond donors (Lipinski definition) is 2. The molecule has 7 nitrogen and oxygen atoms in total. The van der Waals surface area contributed by atoms with Crippen molar-refractivity contribution in [2.75, 3.05) is 0 Å². The molecule has 3 atom stereocenters. The van der Waals surface area contributed by atoms with Crippen molar-refractivity contribution in [3.63, 3.8) is 0 Å². The summed E-state index contributed by atoms with van der Waals surface area (Å²) in [5.74, 6) is -0.545. The summed E-state index contributed by atoms with van der Waals surface area (Å²) in [6.45, 7) is 3.90. The molecule has 7 heteroatoms. The number of amides is 1. The Hall–Kier alpha value is -1.92. The second-order valence-electron chi connectivity index (χ2n) is 6.28. The normalized spacial score (nSPS) is 25.7. The van der Waals surface area contributed by atoms with E-state index < -0.39 is 17.8 Å². The lowest BCUT2D eigenvalue weighted by molar-refractivity contribution is -0.140. The van der Waals surface area contributed by atoms with E-state index in [9.17, 15) is 9.59 Å². The van der Waals surface area contributed by atoms with Crippen LogP contribution >= 0.6 is 0 Å². The highest BCUT2D eigenvalue weighted by atomic mass is 16.5. The Morgan fingerprint density at radius 3 is 2.57 bits per heavy atom. The summed E-state index contributed by atoms with van der Waals surface area (Å²) in [7, 11) is 0. The lowest BCUT2D eigenvalue weighted by atomic mass is 10.0. The summed E-state index contributed by atoms with van der Waals surface area (Å²) in [6, 6.07) is -0.368. The Labute approximate surface area is 122 Å². The first kappa shape index (κ1) is 14.0. The fourth-order valence-electron chi connectivity index (χ4n) is 2.41. The van der Waals surface area contributed by atoms with Crippen molar-refractivity contribution in [2.45, 2.75) is 45.1 Å². The minimum Gasteiger partial charge on any atom is -0.481 e. The zero-order valence-corrected chi connectivity index (χ0v) is 12.1. The quantitative estimate of drug-likeness (QED) is 0.823. The number of carbonyl (C=O) groups excluding carboxylic acids is 1. The Kier molecular flexibility index (Phi) is 3.43. The summed E-state index contributed by atoms with van der Waals surface area (Å²) < 4.78 is 5.27. The van der Waals surface area contributed by atoms with Crippen molar-refractivity contribution in [3.8, 4) is 0 Å². The number of rotatable bonds is 6. The van der Waals surface area contributed by atoms with Gasteiger partial charge in [-0.2, -0.15) is 4.98 Å². The SMILES string of the molecule is CC(C)[C@H](NC(=O)[C@@H]1C[C@H]1C(=O)O)c1nc(C2CC2)no1. The van der Waals surface area contributed by atoms with Gasteiger partial charge in [-0.25, -0.2) is 0 Å². The van der Waals surface area contributed by atoms with Gasteiger partial charge in [0.2, 0.25) is 11.8 Å². The number of carboxylic acid groups (broad SMARTS) is 1. The van der Waals surface area contributed by atoms with E-state index in [-0.39, 0.29) is 17.9 Å². The van der Waals surface area contributed by atoms with Gasteiger partial charge in [-0.05, 0) is 25.2 Å². The van der Waals surface area contributed by atoms with E-state index in [1.807, 2.05) is 13.8 Å². The van der Waals surface area contributed by atoms with Crippen LogP contribution in [0.25, 0.3) is 0 Å². The molecule has 0 saturated heterocycles. The molecule has 1 aromatic heterocycles. The van der Waals surface area contributed by atoms with Crippen LogP contribution in [-0.2, 0) is 9.59 Å². The van der Waals surface area contributed by atoms with Crippen molar-refractivity contribution in [1.82, 2.24) is 15.5 Å². The lowest BCUT2D eigenvalue weighted by Crippen LogP contribution is -2.33. The van der Waals surface area contributed by atoms with Crippen molar-refractivity contribution in [2.24, 2.45) is 17.8 Å².